The van der Waals surface area contributed by atoms with E-state index in [-0.39, 0.29) is 11.9 Å². The molecule has 0 heterocycles. The van der Waals surface area contributed by atoms with E-state index in [0.717, 1.165) is 5.56 Å². The summed E-state index contributed by atoms with van der Waals surface area (Å²) in [5.41, 5.74) is 0.722. The molecule has 0 bridgehead atoms. The lowest BCUT2D eigenvalue weighted by Crippen LogP contribution is -2.08. The highest BCUT2D eigenvalue weighted by Crippen LogP contribution is 2.57. The van der Waals surface area contributed by atoms with Gasteiger partial charge in [0.25, 0.3) is 0 Å². The molecule has 0 aliphatic carbocycles. The van der Waals surface area contributed by atoms with Gasteiger partial charge in [-0.3, -0.25) is 9.13 Å². The SMILES string of the molecule is C=O.O=P(O)(CP(=O)(O)c1ccccc1)OCc1ccccc1. The largest absolute Gasteiger partial charge is 0.341 e. The fourth-order valence-corrected chi connectivity index (χ4v) is 5.68. The number of rotatable bonds is 6. The molecule has 2 atom stereocenters. The standard InChI is InChI=1S/C14H16O5P2.CH2O/c15-20(16,14-9-5-2-6-10-14)12-21(17,18)19-11-13-7-3-1-4-8-13;1-2/h1-10H,11-12H2,(H,15,16)(H,17,18);1H2. The van der Waals surface area contributed by atoms with Gasteiger partial charge in [0, 0.05) is 5.30 Å². The maximum atomic E-state index is 12.2. The zero-order valence-electron chi connectivity index (χ0n) is 12.3. The average molecular weight is 356 g/mol. The highest BCUT2D eigenvalue weighted by Gasteiger charge is 2.33. The minimum absolute atomic E-state index is 0.0800. The molecule has 0 saturated carbocycles. The van der Waals surface area contributed by atoms with Crippen molar-refractivity contribution in [3.8, 4) is 0 Å². The van der Waals surface area contributed by atoms with Crippen LogP contribution in [0.4, 0.5) is 0 Å². The van der Waals surface area contributed by atoms with Crippen molar-refractivity contribution in [2.24, 2.45) is 0 Å². The predicted molar refractivity (Wildman–Crippen MR) is 88.9 cm³/mol. The Bertz CT molecular complexity index is 690. The lowest BCUT2D eigenvalue weighted by atomic mass is 10.2. The van der Waals surface area contributed by atoms with Crippen molar-refractivity contribution in [1.82, 2.24) is 0 Å². The molecule has 0 amide bonds. The summed E-state index contributed by atoms with van der Waals surface area (Å²) in [5, 5.41) is 0.141. The molecule has 0 radical (unpaired) electrons. The number of hydrogen-bond donors (Lipinski definition) is 2. The highest BCUT2D eigenvalue weighted by molar-refractivity contribution is 7.77. The Balaban J connectivity index is 0.00000127. The van der Waals surface area contributed by atoms with E-state index in [0.29, 0.717) is 0 Å². The maximum Gasteiger partial charge on any atom is 0.338 e. The third-order valence-corrected chi connectivity index (χ3v) is 7.41. The molecule has 23 heavy (non-hydrogen) atoms. The summed E-state index contributed by atoms with van der Waals surface area (Å²) in [5.74, 6) is -0.795. The van der Waals surface area contributed by atoms with Crippen LogP contribution in [0.1, 0.15) is 5.56 Å². The van der Waals surface area contributed by atoms with Crippen LogP contribution in [-0.4, -0.2) is 22.5 Å². The average Bonchev–Trinajstić information content (AvgIpc) is 2.56. The van der Waals surface area contributed by atoms with Crippen LogP contribution in [0.15, 0.2) is 60.7 Å². The van der Waals surface area contributed by atoms with Crippen molar-refractivity contribution in [1.29, 1.82) is 0 Å². The predicted octanol–water partition coefficient (Wildman–Crippen LogP) is 2.76. The Kier molecular flexibility index (Phi) is 7.56. The molecule has 0 aliphatic heterocycles. The molecule has 0 fully saturated rings. The molecule has 0 saturated heterocycles. The zero-order valence-corrected chi connectivity index (χ0v) is 14.1. The fraction of sp³-hybridized carbons (Fsp3) is 0.133. The van der Waals surface area contributed by atoms with Gasteiger partial charge in [-0.15, -0.1) is 0 Å². The van der Waals surface area contributed by atoms with Gasteiger partial charge in [-0.1, -0.05) is 48.5 Å². The molecule has 2 aromatic carbocycles. The van der Waals surface area contributed by atoms with Crippen LogP contribution in [0.25, 0.3) is 0 Å². The van der Waals surface area contributed by atoms with E-state index in [4.69, 9.17) is 9.32 Å². The van der Waals surface area contributed by atoms with Crippen LogP contribution in [0.5, 0.6) is 0 Å². The Morgan fingerprint density at radius 2 is 1.35 bits per heavy atom. The first-order valence-electron chi connectivity index (χ1n) is 6.56. The number of carbonyl (C=O) groups is 1. The summed E-state index contributed by atoms with van der Waals surface area (Å²) >= 11 is 0. The summed E-state index contributed by atoms with van der Waals surface area (Å²) in [6.45, 7) is 1.92. The summed E-state index contributed by atoms with van der Waals surface area (Å²) < 4.78 is 29.1. The smallest absolute Gasteiger partial charge is 0.338 e. The molecular formula is C15H18O6P2. The third-order valence-electron chi connectivity index (χ3n) is 2.81. The van der Waals surface area contributed by atoms with Gasteiger partial charge in [0.15, 0.2) is 0 Å². The first-order chi connectivity index (χ1) is 10.9. The summed E-state index contributed by atoms with van der Waals surface area (Å²) in [4.78, 5) is 27.7. The van der Waals surface area contributed by atoms with Crippen LogP contribution in [-0.2, 0) is 25.1 Å². The second-order valence-corrected chi connectivity index (χ2v) is 9.16. The minimum atomic E-state index is -4.16. The molecule has 0 aromatic heterocycles. The van der Waals surface area contributed by atoms with Crippen molar-refractivity contribution < 1.29 is 28.2 Å². The Morgan fingerprint density at radius 3 is 1.87 bits per heavy atom. The first-order valence-corrected chi connectivity index (χ1v) is 10.2. The second kappa shape index (κ2) is 8.92. The minimum Gasteiger partial charge on any atom is -0.341 e. The number of carbonyl (C=O) groups excluding carboxylic acids is 1. The van der Waals surface area contributed by atoms with Crippen LogP contribution >= 0.6 is 15.0 Å². The molecule has 124 valence electrons. The summed E-state index contributed by atoms with van der Waals surface area (Å²) in [6.07, 6.45) is 0. The van der Waals surface area contributed by atoms with Crippen molar-refractivity contribution in [2.45, 2.75) is 6.61 Å². The summed E-state index contributed by atoms with van der Waals surface area (Å²) in [7, 11) is -8.08. The molecule has 2 N–H and O–H groups in total. The van der Waals surface area contributed by atoms with Gasteiger partial charge < -0.3 is 19.1 Å². The fourth-order valence-electron chi connectivity index (χ4n) is 1.78. The lowest BCUT2D eigenvalue weighted by Gasteiger charge is -2.16. The maximum absolute atomic E-state index is 12.2. The van der Waals surface area contributed by atoms with E-state index in [1.165, 1.54) is 12.1 Å². The van der Waals surface area contributed by atoms with Crippen LogP contribution in [0, 0.1) is 0 Å². The highest BCUT2D eigenvalue weighted by atomic mass is 31.2. The Hall–Kier alpha value is -1.55. The van der Waals surface area contributed by atoms with Crippen molar-refractivity contribution in [3.63, 3.8) is 0 Å². The normalized spacial score (nSPS) is 15.6. The third kappa shape index (κ3) is 6.61. The van der Waals surface area contributed by atoms with Gasteiger partial charge in [-0.2, -0.15) is 0 Å². The molecule has 0 spiro atoms. The van der Waals surface area contributed by atoms with E-state index < -0.39 is 20.9 Å². The Labute approximate surface area is 134 Å². The van der Waals surface area contributed by atoms with Crippen molar-refractivity contribution in [3.05, 3.63) is 66.2 Å². The van der Waals surface area contributed by atoms with Gasteiger partial charge in [0.1, 0.15) is 12.7 Å². The molecule has 2 aromatic rings. The molecule has 0 aliphatic rings. The van der Waals surface area contributed by atoms with Crippen LogP contribution < -0.4 is 5.30 Å². The van der Waals surface area contributed by atoms with Gasteiger partial charge in [-0.05, 0) is 17.7 Å². The molecule has 8 heteroatoms. The van der Waals surface area contributed by atoms with E-state index in [1.54, 1.807) is 42.5 Å². The van der Waals surface area contributed by atoms with E-state index >= 15 is 0 Å². The molecular weight excluding hydrogens is 338 g/mol. The molecule has 2 unspecified atom stereocenters. The monoisotopic (exact) mass is 356 g/mol. The van der Waals surface area contributed by atoms with Gasteiger partial charge in [-0.25, -0.2) is 0 Å². The number of benzene rings is 2. The topological polar surface area (TPSA) is 101 Å². The lowest BCUT2D eigenvalue weighted by molar-refractivity contribution is -0.0980. The van der Waals surface area contributed by atoms with Crippen LogP contribution in [0.3, 0.4) is 0 Å². The zero-order chi connectivity index (χ0) is 17.3. The molecule has 2 rings (SSSR count). The van der Waals surface area contributed by atoms with E-state index in [2.05, 4.69) is 0 Å². The van der Waals surface area contributed by atoms with E-state index in [1.807, 2.05) is 12.9 Å². The van der Waals surface area contributed by atoms with Crippen molar-refractivity contribution >= 4 is 27.1 Å². The van der Waals surface area contributed by atoms with Gasteiger partial charge in [0.2, 0.25) is 7.37 Å². The number of hydrogen-bond acceptors (Lipinski definition) is 4. The Morgan fingerprint density at radius 1 is 0.870 bits per heavy atom. The quantitative estimate of drug-likeness (QED) is 0.772. The molecule has 6 nitrogen and oxygen atoms in total. The van der Waals surface area contributed by atoms with E-state index in [9.17, 15) is 18.9 Å². The van der Waals surface area contributed by atoms with Crippen LogP contribution in [0.2, 0.25) is 0 Å². The van der Waals surface area contributed by atoms with Gasteiger partial charge >= 0.3 is 7.60 Å². The second-order valence-electron chi connectivity index (χ2n) is 4.58. The van der Waals surface area contributed by atoms with Gasteiger partial charge in [0.05, 0.1) is 6.61 Å². The van der Waals surface area contributed by atoms with Crippen molar-refractivity contribution in [2.75, 3.05) is 5.90 Å². The summed E-state index contributed by atoms with van der Waals surface area (Å²) in [6, 6.07) is 16.7. The first kappa shape index (κ1) is 19.5.